The van der Waals surface area contributed by atoms with Gasteiger partial charge in [-0.1, -0.05) is 6.07 Å². The summed E-state index contributed by atoms with van der Waals surface area (Å²) in [6.45, 7) is 4.06. The van der Waals surface area contributed by atoms with Gasteiger partial charge in [0.2, 0.25) is 0 Å². The van der Waals surface area contributed by atoms with Crippen molar-refractivity contribution >= 4 is 5.90 Å². The van der Waals surface area contributed by atoms with Gasteiger partial charge in [0.05, 0.1) is 7.11 Å². The van der Waals surface area contributed by atoms with Gasteiger partial charge in [-0.25, -0.2) is 15.0 Å². The first-order chi connectivity index (χ1) is 11.6. The second-order valence-electron chi connectivity index (χ2n) is 6.57. The number of rotatable bonds is 2. The number of ether oxygens (including phenoxy) is 2. The number of benzene rings is 1. The first-order valence-corrected chi connectivity index (χ1v) is 8.30. The molecule has 0 saturated heterocycles. The summed E-state index contributed by atoms with van der Waals surface area (Å²) in [5.74, 6) is 1.72. The van der Waals surface area contributed by atoms with E-state index in [1.807, 2.05) is 25.4 Å². The molecule has 1 aromatic carbocycles. The van der Waals surface area contributed by atoms with Crippen LogP contribution < -0.4 is 4.74 Å². The summed E-state index contributed by atoms with van der Waals surface area (Å²) in [6, 6.07) is 4.15. The van der Waals surface area contributed by atoms with E-state index in [0.717, 1.165) is 36.5 Å². The van der Waals surface area contributed by atoms with E-state index in [1.165, 1.54) is 16.7 Å². The molecule has 4 rings (SSSR count). The maximum atomic E-state index is 5.85. The van der Waals surface area contributed by atoms with Crippen LogP contribution in [-0.4, -0.2) is 34.6 Å². The molecule has 1 spiro atoms. The second-order valence-corrected chi connectivity index (χ2v) is 6.57. The molecule has 0 radical (unpaired) electrons. The van der Waals surface area contributed by atoms with E-state index in [1.54, 1.807) is 13.4 Å². The zero-order valence-electron chi connectivity index (χ0n) is 14.2. The summed E-state index contributed by atoms with van der Waals surface area (Å²) in [5, 5.41) is 0. The van der Waals surface area contributed by atoms with Gasteiger partial charge < -0.3 is 9.47 Å². The Labute approximate surface area is 141 Å². The fourth-order valence-corrected chi connectivity index (χ4v) is 4.03. The van der Waals surface area contributed by atoms with Crippen LogP contribution in [0.3, 0.4) is 0 Å². The Bertz CT molecular complexity index is 804. The van der Waals surface area contributed by atoms with Crippen molar-refractivity contribution in [1.29, 1.82) is 0 Å². The van der Waals surface area contributed by atoms with E-state index >= 15 is 0 Å². The van der Waals surface area contributed by atoms with Gasteiger partial charge in [0, 0.05) is 36.9 Å². The average molecular weight is 323 g/mol. The number of aliphatic imine (C=N–C) groups is 1. The molecule has 0 bridgehead atoms. The molecule has 24 heavy (non-hydrogen) atoms. The van der Waals surface area contributed by atoms with Crippen molar-refractivity contribution in [2.75, 3.05) is 7.11 Å². The number of aromatic nitrogens is 2. The second kappa shape index (κ2) is 5.58. The van der Waals surface area contributed by atoms with E-state index < -0.39 is 0 Å². The number of nitrogens with zero attached hydrogens (tertiary/aromatic N) is 3. The average Bonchev–Trinajstić information content (AvgIpc) is 2.87. The third-order valence-electron chi connectivity index (χ3n) is 5.25. The van der Waals surface area contributed by atoms with Crippen molar-refractivity contribution in [2.24, 2.45) is 4.99 Å². The minimum atomic E-state index is -0.170. The van der Waals surface area contributed by atoms with Crippen molar-refractivity contribution < 1.29 is 9.47 Å². The molecule has 0 N–H and O–H groups in total. The topological polar surface area (TPSA) is 56.6 Å². The number of methoxy groups -OCH3 is 1. The lowest BCUT2D eigenvalue weighted by molar-refractivity contribution is 0.140. The Balaban J connectivity index is 1.83. The van der Waals surface area contributed by atoms with Crippen LogP contribution in [0.25, 0.3) is 11.1 Å². The van der Waals surface area contributed by atoms with Gasteiger partial charge >= 0.3 is 0 Å². The molecule has 2 unspecified atom stereocenters. The largest absolute Gasteiger partial charge is 0.496 e. The molecule has 1 aliphatic carbocycles. The van der Waals surface area contributed by atoms with Crippen LogP contribution in [0.1, 0.15) is 31.4 Å². The minimum absolute atomic E-state index is 0.0964. The molecule has 0 fully saturated rings. The highest BCUT2D eigenvalue weighted by Crippen LogP contribution is 2.44. The smallest absolute Gasteiger partial charge is 0.181 e. The molecule has 0 amide bonds. The molecular formula is C19H21N3O2. The summed E-state index contributed by atoms with van der Waals surface area (Å²) < 4.78 is 11.5. The Kier molecular flexibility index (Phi) is 3.52. The lowest BCUT2D eigenvalue weighted by Gasteiger charge is -2.36. The van der Waals surface area contributed by atoms with Crippen LogP contribution in [0.15, 0.2) is 35.8 Å². The minimum Gasteiger partial charge on any atom is -0.496 e. The third-order valence-corrected chi connectivity index (χ3v) is 5.25. The maximum Gasteiger partial charge on any atom is 0.181 e. The van der Waals surface area contributed by atoms with Gasteiger partial charge in [-0.15, -0.1) is 0 Å². The van der Waals surface area contributed by atoms with Crippen LogP contribution in [0.5, 0.6) is 5.75 Å². The lowest BCUT2D eigenvalue weighted by Crippen LogP contribution is -2.41. The molecule has 0 saturated carbocycles. The van der Waals surface area contributed by atoms with Crippen molar-refractivity contribution in [1.82, 2.24) is 9.97 Å². The molecular weight excluding hydrogens is 302 g/mol. The van der Waals surface area contributed by atoms with Crippen molar-refractivity contribution in [3.63, 3.8) is 0 Å². The van der Waals surface area contributed by atoms with Crippen molar-refractivity contribution in [3.8, 4) is 16.9 Å². The quantitative estimate of drug-likeness (QED) is 0.851. The first kappa shape index (κ1) is 15.1. The highest BCUT2D eigenvalue weighted by atomic mass is 16.5. The molecule has 5 heteroatoms. The molecule has 1 aliphatic heterocycles. The van der Waals surface area contributed by atoms with Gasteiger partial charge in [0.1, 0.15) is 23.7 Å². The van der Waals surface area contributed by atoms with E-state index in [-0.39, 0.29) is 11.6 Å². The Hall–Kier alpha value is -2.43. The standard InChI is InChI=1S/C19H21N3O2/c1-12-19(22-13(2)24-12)7-6-16-15(14-9-20-11-21-10-14)4-5-18(23-3)17(16)8-19/h4-5,9-12H,6-8H2,1-3H3. The number of hydrogen-bond acceptors (Lipinski definition) is 5. The van der Waals surface area contributed by atoms with Crippen LogP contribution in [0, 0.1) is 0 Å². The molecule has 1 aromatic heterocycles. The summed E-state index contributed by atoms with van der Waals surface area (Å²) in [5.41, 5.74) is 4.62. The highest BCUT2D eigenvalue weighted by Gasteiger charge is 2.45. The summed E-state index contributed by atoms with van der Waals surface area (Å²) in [4.78, 5) is 13.2. The maximum absolute atomic E-state index is 5.85. The summed E-state index contributed by atoms with van der Waals surface area (Å²) in [6.07, 6.45) is 8.15. The Morgan fingerprint density at radius 2 is 2.00 bits per heavy atom. The molecule has 5 nitrogen and oxygen atoms in total. The van der Waals surface area contributed by atoms with Crippen LogP contribution in [0.4, 0.5) is 0 Å². The molecule has 2 atom stereocenters. The Morgan fingerprint density at radius 3 is 2.67 bits per heavy atom. The van der Waals surface area contributed by atoms with Gasteiger partial charge in [-0.05, 0) is 37.0 Å². The van der Waals surface area contributed by atoms with Gasteiger partial charge in [0.15, 0.2) is 5.90 Å². The zero-order chi connectivity index (χ0) is 16.7. The lowest BCUT2D eigenvalue weighted by atomic mass is 9.73. The summed E-state index contributed by atoms with van der Waals surface area (Å²) >= 11 is 0. The van der Waals surface area contributed by atoms with Gasteiger partial charge in [-0.3, -0.25) is 0 Å². The fourth-order valence-electron chi connectivity index (χ4n) is 4.03. The molecule has 2 aromatic rings. The highest BCUT2D eigenvalue weighted by molar-refractivity contribution is 5.76. The van der Waals surface area contributed by atoms with Crippen molar-refractivity contribution in [2.45, 2.75) is 44.8 Å². The van der Waals surface area contributed by atoms with Gasteiger partial charge in [-0.2, -0.15) is 0 Å². The van der Waals surface area contributed by atoms with E-state index in [2.05, 4.69) is 23.0 Å². The predicted molar refractivity (Wildman–Crippen MR) is 92.4 cm³/mol. The van der Waals surface area contributed by atoms with Crippen LogP contribution in [0.2, 0.25) is 0 Å². The number of hydrogen-bond donors (Lipinski definition) is 0. The van der Waals surface area contributed by atoms with E-state index in [4.69, 9.17) is 14.5 Å². The SMILES string of the molecule is COc1ccc(-c2cncnc2)c2c1CC1(CC2)N=C(C)OC1C. The number of fused-ring (bicyclic) bond motifs is 1. The summed E-state index contributed by atoms with van der Waals surface area (Å²) in [7, 11) is 1.73. The monoisotopic (exact) mass is 323 g/mol. The first-order valence-electron chi connectivity index (χ1n) is 8.30. The Morgan fingerprint density at radius 1 is 1.21 bits per heavy atom. The van der Waals surface area contributed by atoms with Crippen molar-refractivity contribution in [3.05, 3.63) is 42.0 Å². The van der Waals surface area contributed by atoms with E-state index in [9.17, 15) is 0 Å². The molecule has 2 heterocycles. The molecule has 124 valence electrons. The normalized spacial score (nSPS) is 25.1. The van der Waals surface area contributed by atoms with Crippen LogP contribution in [-0.2, 0) is 17.6 Å². The molecule has 2 aliphatic rings. The zero-order valence-corrected chi connectivity index (χ0v) is 14.2. The van der Waals surface area contributed by atoms with Gasteiger partial charge in [0.25, 0.3) is 0 Å². The van der Waals surface area contributed by atoms with Crippen LogP contribution >= 0.6 is 0 Å². The van der Waals surface area contributed by atoms with E-state index in [0.29, 0.717) is 0 Å². The predicted octanol–water partition coefficient (Wildman–Crippen LogP) is 3.22. The third kappa shape index (κ3) is 2.27. The fraction of sp³-hybridized carbons (Fsp3) is 0.421.